The number of rotatable bonds is 7. The molecule has 2 nitrogen and oxygen atoms in total. The smallest absolute Gasteiger partial charge is 0.135 e. The first-order chi connectivity index (χ1) is 29.7. The average molecular weight is 766 g/mol. The molecule has 0 bridgehead atoms. The first kappa shape index (κ1) is 35.2. The van der Waals surface area contributed by atoms with Gasteiger partial charge in [-0.3, -0.25) is 0 Å². The van der Waals surface area contributed by atoms with E-state index in [0.29, 0.717) is 0 Å². The molecule has 11 rings (SSSR count). The Labute approximate surface area is 350 Å². The monoisotopic (exact) mass is 765 g/mol. The summed E-state index contributed by atoms with van der Waals surface area (Å²) >= 11 is 0. The van der Waals surface area contributed by atoms with Crippen LogP contribution in [-0.4, -0.2) is 0 Å². The normalized spacial score (nSPS) is 11.5. The zero-order valence-electron chi connectivity index (χ0n) is 32.9. The third-order valence-corrected chi connectivity index (χ3v) is 11.7. The lowest BCUT2D eigenvalue weighted by atomic mass is 9.89. The molecule has 0 amide bonds. The Kier molecular flexibility index (Phi) is 8.87. The summed E-state index contributed by atoms with van der Waals surface area (Å²) in [6, 6.07) is 84.7. The molecule has 0 fully saturated rings. The highest BCUT2D eigenvalue weighted by Gasteiger charge is 2.24. The van der Waals surface area contributed by atoms with Crippen molar-refractivity contribution in [3.63, 3.8) is 0 Å². The number of fused-ring (bicyclic) bond motifs is 6. The van der Waals surface area contributed by atoms with E-state index in [-0.39, 0.29) is 0 Å². The lowest BCUT2D eigenvalue weighted by Crippen LogP contribution is -2.10. The lowest BCUT2D eigenvalue weighted by Gasteiger charge is -2.26. The van der Waals surface area contributed by atoms with Gasteiger partial charge in [-0.2, -0.15) is 0 Å². The molecular formula is C58H39NO. The van der Waals surface area contributed by atoms with Crippen molar-refractivity contribution in [1.82, 2.24) is 0 Å². The maximum Gasteiger partial charge on any atom is 0.135 e. The van der Waals surface area contributed by atoms with Crippen molar-refractivity contribution >= 4 is 27.8 Å². The maximum absolute atomic E-state index is 6.93. The van der Waals surface area contributed by atoms with E-state index in [1.54, 1.807) is 0 Å². The Morgan fingerprint density at radius 1 is 0.233 bits per heavy atom. The highest BCUT2D eigenvalue weighted by atomic mass is 16.5. The summed E-state index contributed by atoms with van der Waals surface area (Å²) < 4.78 is 6.93. The minimum atomic E-state index is 0.830. The molecule has 0 aromatic heterocycles. The van der Waals surface area contributed by atoms with Gasteiger partial charge in [0.05, 0.1) is 0 Å². The molecule has 0 N–H and O–H groups in total. The van der Waals surface area contributed by atoms with Gasteiger partial charge in [0, 0.05) is 28.2 Å². The fourth-order valence-electron chi connectivity index (χ4n) is 8.57. The zero-order chi connectivity index (χ0) is 39.8. The molecule has 1 aliphatic heterocycles. The molecule has 0 saturated heterocycles. The van der Waals surface area contributed by atoms with Gasteiger partial charge in [0.15, 0.2) is 0 Å². The summed E-state index contributed by atoms with van der Waals surface area (Å²) in [6.45, 7) is 0. The third-order valence-electron chi connectivity index (χ3n) is 11.7. The maximum atomic E-state index is 6.93. The van der Waals surface area contributed by atoms with Crippen LogP contribution in [0.2, 0.25) is 0 Å². The fraction of sp³-hybridized carbons (Fsp3) is 0. The minimum Gasteiger partial charge on any atom is -0.456 e. The molecule has 10 aromatic carbocycles. The van der Waals surface area contributed by atoms with Crippen LogP contribution in [0.25, 0.3) is 77.5 Å². The molecule has 0 atom stereocenters. The molecule has 0 unspecified atom stereocenters. The first-order valence-corrected chi connectivity index (χ1v) is 20.5. The van der Waals surface area contributed by atoms with Gasteiger partial charge >= 0.3 is 0 Å². The van der Waals surface area contributed by atoms with E-state index >= 15 is 0 Å². The number of anilines is 3. The standard InChI is InChI=1S/C58H39NO/c1-4-12-40(13-5-1)42-20-22-44(23-21-42)45-28-31-51(32-29-45)59(50-18-8-3-9-19-50)52-33-35-57-56(39-52)53-34-30-49(46-26-24-43(25-27-46)41-14-6-2-7-15-41)36-54(53)55-37-47-16-10-11-17-48(47)38-58(55)60-57/h1-39H. The van der Waals surface area contributed by atoms with Crippen LogP contribution in [0.15, 0.2) is 237 Å². The van der Waals surface area contributed by atoms with Crippen LogP contribution in [0.5, 0.6) is 11.5 Å². The Balaban J connectivity index is 1.01. The minimum absolute atomic E-state index is 0.830. The highest BCUT2D eigenvalue weighted by molar-refractivity contribution is 5.99. The van der Waals surface area contributed by atoms with Crippen LogP contribution in [-0.2, 0) is 0 Å². The van der Waals surface area contributed by atoms with Gasteiger partial charge in [-0.25, -0.2) is 0 Å². The molecule has 0 radical (unpaired) electrons. The van der Waals surface area contributed by atoms with Gasteiger partial charge in [0.25, 0.3) is 0 Å². The summed E-state index contributed by atoms with van der Waals surface area (Å²) in [5.74, 6) is 1.68. The molecule has 1 heterocycles. The highest BCUT2D eigenvalue weighted by Crippen LogP contribution is 2.51. The SMILES string of the molecule is c1ccc(-c2ccc(-c3ccc(N(c4ccccc4)c4ccc5c(c4)-c4ccc(-c6ccc(-c7ccccc7)cc6)cc4-c4cc6ccccc6cc4O5)cc3)cc2)cc1. The Morgan fingerprint density at radius 2 is 0.650 bits per heavy atom. The average Bonchev–Trinajstić information content (AvgIpc) is 3.45. The Hall–Kier alpha value is -7.94. The zero-order valence-corrected chi connectivity index (χ0v) is 32.9. The second kappa shape index (κ2) is 15.1. The molecule has 282 valence electrons. The van der Waals surface area contributed by atoms with Crippen LogP contribution in [0.3, 0.4) is 0 Å². The van der Waals surface area contributed by atoms with Crippen molar-refractivity contribution in [3.05, 3.63) is 237 Å². The topological polar surface area (TPSA) is 12.5 Å². The van der Waals surface area contributed by atoms with Gasteiger partial charge in [0.2, 0.25) is 0 Å². The Bertz CT molecular complexity index is 3120. The predicted molar refractivity (Wildman–Crippen MR) is 251 cm³/mol. The summed E-state index contributed by atoms with van der Waals surface area (Å²) in [4.78, 5) is 2.33. The number of ether oxygens (including phenoxy) is 1. The van der Waals surface area contributed by atoms with Gasteiger partial charge in [-0.1, -0.05) is 176 Å². The molecule has 60 heavy (non-hydrogen) atoms. The van der Waals surface area contributed by atoms with E-state index in [1.165, 1.54) is 44.3 Å². The quantitative estimate of drug-likeness (QED) is 0.160. The van der Waals surface area contributed by atoms with Crippen LogP contribution in [0.1, 0.15) is 0 Å². The predicted octanol–water partition coefficient (Wildman–Crippen LogP) is 16.4. The van der Waals surface area contributed by atoms with E-state index in [4.69, 9.17) is 4.74 Å². The van der Waals surface area contributed by atoms with E-state index in [2.05, 4.69) is 241 Å². The number of nitrogens with zero attached hydrogens (tertiary/aromatic N) is 1. The van der Waals surface area contributed by atoms with Gasteiger partial charge in [-0.15, -0.1) is 0 Å². The molecule has 10 aromatic rings. The molecule has 0 saturated carbocycles. The number of hydrogen-bond acceptors (Lipinski definition) is 2. The summed E-state index contributed by atoms with van der Waals surface area (Å²) in [6.07, 6.45) is 0. The van der Waals surface area contributed by atoms with Crippen molar-refractivity contribution in [2.45, 2.75) is 0 Å². The Morgan fingerprint density at radius 3 is 1.23 bits per heavy atom. The van der Waals surface area contributed by atoms with Crippen molar-refractivity contribution < 1.29 is 4.74 Å². The van der Waals surface area contributed by atoms with Gasteiger partial charge < -0.3 is 9.64 Å². The van der Waals surface area contributed by atoms with E-state index in [9.17, 15) is 0 Å². The van der Waals surface area contributed by atoms with Crippen molar-refractivity contribution in [1.29, 1.82) is 0 Å². The van der Waals surface area contributed by atoms with E-state index < -0.39 is 0 Å². The van der Waals surface area contributed by atoms with Crippen LogP contribution < -0.4 is 9.64 Å². The fourth-order valence-corrected chi connectivity index (χ4v) is 8.57. The lowest BCUT2D eigenvalue weighted by molar-refractivity contribution is 0.488. The number of hydrogen-bond donors (Lipinski definition) is 0. The first-order valence-electron chi connectivity index (χ1n) is 20.5. The molecule has 2 heteroatoms. The second-order valence-electron chi connectivity index (χ2n) is 15.3. The van der Waals surface area contributed by atoms with Crippen LogP contribution in [0.4, 0.5) is 17.1 Å². The summed E-state index contributed by atoms with van der Waals surface area (Å²) in [5, 5.41) is 2.33. The van der Waals surface area contributed by atoms with Gasteiger partial charge in [0.1, 0.15) is 11.5 Å². The van der Waals surface area contributed by atoms with Crippen LogP contribution in [0, 0.1) is 0 Å². The largest absolute Gasteiger partial charge is 0.456 e. The molecular weight excluding hydrogens is 727 g/mol. The van der Waals surface area contributed by atoms with Crippen molar-refractivity contribution in [2.24, 2.45) is 0 Å². The van der Waals surface area contributed by atoms with Crippen LogP contribution >= 0.6 is 0 Å². The van der Waals surface area contributed by atoms with E-state index in [0.717, 1.165) is 61.8 Å². The summed E-state index contributed by atoms with van der Waals surface area (Å²) in [7, 11) is 0. The van der Waals surface area contributed by atoms with E-state index in [1.807, 2.05) is 0 Å². The molecule has 1 aliphatic rings. The second-order valence-corrected chi connectivity index (χ2v) is 15.3. The van der Waals surface area contributed by atoms with Crippen molar-refractivity contribution in [2.75, 3.05) is 4.90 Å². The molecule has 0 spiro atoms. The third kappa shape index (κ3) is 6.61. The molecule has 0 aliphatic carbocycles. The summed E-state index contributed by atoms with van der Waals surface area (Å²) in [5.41, 5.74) is 17.1. The number of benzene rings is 10. The number of para-hydroxylation sites is 1. The van der Waals surface area contributed by atoms with Gasteiger partial charge in [-0.05, 0) is 127 Å². The van der Waals surface area contributed by atoms with Crippen molar-refractivity contribution in [3.8, 4) is 78.3 Å².